The SMILES string of the molecule is CC=CNC(N)=S. The first-order valence-corrected chi connectivity index (χ1v) is 2.35. The lowest BCUT2D eigenvalue weighted by Crippen LogP contribution is -2.23. The van der Waals surface area contributed by atoms with Crippen LogP contribution in [0.2, 0.25) is 0 Å². The standard InChI is InChI=1S/C4H8N2S/c1-2-3-6-4(5)7/h2-3H,1H3,(H3,5,6,7). The summed E-state index contributed by atoms with van der Waals surface area (Å²) in [5, 5.41) is 2.93. The quantitative estimate of drug-likeness (QED) is 0.485. The fourth-order valence-corrected chi connectivity index (χ4v) is 0.234. The smallest absolute Gasteiger partial charge is 0.167 e. The zero-order valence-electron chi connectivity index (χ0n) is 4.14. The Labute approximate surface area is 48.4 Å². The van der Waals surface area contributed by atoms with Crippen LogP contribution in [0.1, 0.15) is 6.92 Å². The van der Waals surface area contributed by atoms with Crippen LogP contribution in [-0.4, -0.2) is 5.11 Å². The molecule has 0 unspecified atom stereocenters. The zero-order valence-corrected chi connectivity index (χ0v) is 4.96. The lowest BCUT2D eigenvalue weighted by Gasteiger charge is -1.89. The number of allylic oxidation sites excluding steroid dienone is 1. The van der Waals surface area contributed by atoms with Gasteiger partial charge in [-0.05, 0) is 25.3 Å². The third kappa shape index (κ3) is 5.43. The van der Waals surface area contributed by atoms with Crippen molar-refractivity contribution in [3.05, 3.63) is 12.3 Å². The molecule has 0 aliphatic carbocycles. The number of nitrogens with two attached hydrogens (primary N) is 1. The molecule has 0 aromatic rings. The summed E-state index contributed by atoms with van der Waals surface area (Å²) in [4.78, 5) is 0. The molecule has 0 amide bonds. The average Bonchev–Trinajstić information content (AvgIpc) is 1.61. The molecule has 0 atom stereocenters. The van der Waals surface area contributed by atoms with Crippen LogP contribution < -0.4 is 11.1 Å². The van der Waals surface area contributed by atoms with Crippen molar-refractivity contribution in [1.29, 1.82) is 0 Å². The molecule has 0 rings (SSSR count). The van der Waals surface area contributed by atoms with E-state index in [2.05, 4.69) is 17.5 Å². The van der Waals surface area contributed by atoms with Gasteiger partial charge in [0.05, 0.1) is 0 Å². The number of nitrogens with one attached hydrogen (secondary N) is 1. The van der Waals surface area contributed by atoms with Gasteiger partial charge in [0.15, 0.2) is 5.11 Å². The van der Waals surface area contributed by atoms with Crippen molar-refractivity contribution >= 4 is 17.3 Å². The van der Waals surface area contributed by atoms with Gasteiger partial charge in [-0.25, -0.2) is 0 Å². The van der Waals surface area contributed by atoms with E-state index in [0.29, 0.717) is 5.11 Å². The van der Waals surface area contributed by atoms with E-state index in [1.807, 2.05) is 13.0 Å². The monoisotopic (exact) mass is 116 g/mol. The second-order valence-corrected chi connectivity index (χ2v) is 1.45. The lowest BCUT2D eigenvalue weighted by molar-refractivity contribution is 1.27. The van der Waals surface area contributed by atoms with Gasteiger partial charge in [-0.1, -0.05) is 6.08 Å². The fourth-order valence-electron chi connectivity index (χ4n) is 0.165. The fraction of sp³-hybridized carbons (Fsp3) is 0.250. The molecule has 40 valence electrons. The van der Waals surface area contributed by atoms with Crippen molar-refractivity contribution in [1.82, 2.24) is 5.32 Å². The van der Waals surface area contributed by atoms with E-state index in [1.54, 1.807) is 6.20 Å². The molecule has 0 saturated heterocycles. The van der Waals surface area contributed by atoms with Crippen LogP contribution in [0, 0.1) is 0 Å². The molecule has 0 fully saturated rings. The molecule has 0 saturated carbocycles. The summed E-state index contributed by atoms with van der Waals surface area (Å²) in [6, 6.07) is 0. The Kier molecular flexibility index (Phi) is 3.32. The first-order valence-electron chi connectivity index (χ1n) is 1.94. The number of hydrogen-bond donors (Lipinski definition) is 2. The highest BCUT2D eigenvalue weighted by Crippen LogP contribution is 1.60. The molecule has 2 nitrogen and oxygen atoms in total. The Balaban J connectivity index is 3.14. The third-order valence-corrected chi connectivity index (χ3v) is 0.510. The van der Waals surface area contributed by atoms with Gasteiger partial charge < -0.3 is 11.1 Å². The number of hydrogen-bond acceptors (Lipinski definition) is 1. The minimum absolute atomic E-state index is 0.304. The molecule has 7 heavy (non-hydrogen) atoms. The van der Waals surface area contributed by atoms with E-state index in [4.69, 9.17) is 5.73 Å². The number of rotatable bonds is 1. The minimum Gasteiger partial charge on any atom is -0.376 e. The van der Waals surface area contributed by atoms with Crippen LogP contribution in [-0.2, 0) is 0 Å². The molecule has 0 aromatic carbocycles. The predicted molar refractivity (Wildman–Crippen MR) is 34.7 cm³/mol. The Hall–Kier alpha value is -0.570. The molecular weight excluding hydrogens is 108 g/mol. The van der Waals surface area contributed by atoms with Crippen molar-refractivity contribution in [3.63, 3.8) is 0 Å². The van der Waals surface area contributed by atoms with Crippen molar-refractivity contribution in [2.45, 2.75) is 6.92 Å². The zero-order chi connectivity index (χ0) is 5.70. The Bertz CT molecular complexity index is 87.7. The van der Waals surface area contributed by atoms with Crippen molar-refractivity contribution in [2.24, 2.45) is 5.73 Å². The first-order chi connectivity index (χ1) is 3.27. The van der Waals surface area contributed by atoms with Gasteiger partial charge in [0.1, 0.15) is 0 Å². The molecule has 0 bridgehead atoms. The summed E-state index contributed by atoms with van der Waals surface area (Å²) >= 11 is 4.48. The first kappa shape index (κ1) is 6.43. The summed E-state index contributed by atoms with van der Waals surface area (Å²) < 4.78 is 0. The summed E-state index contributed by atoms with van der Waals surface area (Å²) in [7, 11) is 0. The summed E-state index contributed by atoms with van der Waals surface area (Å²) in [5.41, 5.74) is 5.05. The van der Waals surface area contributed by atoms with Crippen molar-refractivity contribution < 1.29 is 0 Å². The molecule has 0 aliphatic rings. The van der Waals surface area contributed by atoms with Gasteiger partial charge in [0, 0.05) is 0 Å². The maximum absolute atomic E-state index is 5.05. The van der Waals surface area contributed by atoms with Crippen LogP contribution in [0.5, 0.6) is 0 Å². The molecule has 3 heteroatoms. The minimum atomic E-state index is 0.304. The maximum atomic E-state index is 5.05. The molecule has 0 heterocycles. The lowest BCUT2D eigenvalue weighted by atomic mass is 10.7. The van der Waals surface area contributed by atoms with Gasteiger partial charge in [-0.3, -0.25) is 0 Å². The van der Waals surface area contributed by atoms with Crippen LogP contribution >= 0.6 is 12.2 Å². The second-order valence-electron chi connectivity index (χ2n) is 1.01. The summed E-state index contributed by atoms with van der Waals surface area (Å²) in [5.74, 6) is 0. The van der Waals surface area contributed by atoms with Crippen LogP contribution in [0.25, 0.3) is 0 Å². The second kappa shape index (κ2) is 3.61. The van der Waals surface area contributed by atoms with Gasteiger partial charge in [0.25, 0.3) is 0 Å². The van der Waals surface area contributed by atoms with Crippen molar-refractivity contribution in [3.8, 4) is 0 Å². The van der Waals surface area contributed by atoms with Crippen LogP contribution in [0.3, 0.4) is 0 Å². The summed E-state index contributed by atoms with van der Waals surface area (Å²) in [6.07, 6.45) is 3.50. The average molecular weight is 116 g/mol. The topological polar surface area (TPSA) is 38.0 Å². The highest BCUT2D eigenvalue weighted by Gasteiger charge is 1.71. The maximum Gasteiger partial charge on any atom is 0.167 e. The van der Waals surface area contributed by atoms with Gasteiger partial charge in [0.2, 0.25) is 0 Å². The highest BCUT2D eigenvalue weighted by atomic mass is 32.1. The van der Waals surface area contributed by atoms with Crippen LogP contribution in [0.4, 0.5) is 0 Å². The molecule has 0 aromatic heterocycles. The predicted octanol–water partition coefficient (Wildman–Crippen LogP) is 0.353. The van der Waals surface area contributed by atoms with E-state index < -0.39 is 0 Å². The van der Waals surface area contributed by atoms with E-state index in [1.165, 1.54) is 0 Å². The Morgan fingerprint density at radius 3 is 2.57 bits per heavy atom. The highest BCUT2D eigenvalue weighted by molar-refractivity contribution is 7.80. The third-order valence-electron chi connectivity index (χ3n) is 0.392. The molecule has 3 N–H and O–H groups in total. The molecule has 0 aliphatic heterocycles. The van der Waals surface area contributed by atoms with Crippen molar-refractivity contribution in [2.75, 3.05) is 0 Å². The Morgan fingerprint density at radius 1 is 1.86 bits per heavy atom. The van der Waals surface area contributed by atoms with Crippen LogP contribution in [0.15, 0.2) is 12.3 Å². The normalized spacial score (nSPS) is 9.29. The largest absolute Gasteiger partial charge is 0.376 e. The molecular formula is C4H8N2S. The van der Waals surface area contributed by atoms with Gasteiger partial charge in [-0.2, -0.15) is 0 Å². The van der Waals surface area contributed by atoms with E-state index in [9.17, 15) is 0 Å². The van der Waals surface area contributed by atoms with E-state index in [-0.39, 0.29) is 0 Å². The van der Waals surface area contributed by atoms with Gasteiger partial charge in [-0.15, -0.1) is 0 Å². The molecule has 0 radical (unpaired) electrons. The van der Waals surface area contributed by atoms with E-state index in [0.717, 1.165) is 0 Å². The molecule has 0 spiro atoms. The number of thiocarbonyl (C=S) groups is 1. The van der Waals surface area contributed by atoms with E-state index >= 15 is 0 Å². The Morgan fingerprint density at radius 2 is 2.43 bits per heavy atom. The van der Waals surface area contributed by atoms with Gasteiger partial charge >= 0.3 is 0 Å². The summed E-state index contributed by atoms with van der Waals surface area (Å²) in [6.45, 7) is 1.88.